The van der Waals surface area contributed by atoms with E-state index in [-0.39, 0.29) is 18.0 Å². The molecule has 0 aliphatic rings. The van der Waals surface area contributed by atoms with Gasteiger partial charge in [-0.15, -0.1) is 0 Å². The molecule has 3 amide bonds. The van der Waals surface area contributed by atoms with Crippen molar-refractivity contribution in [2.24, 2.45) is 0 Å². The van der Waals surface area contributed by atoms with Crippen LogP contribution >= 0.6 is 11.8 Å². The summed E-state index contributed by atoms with van der Waals surface area (Å²) in [6.45, 7) is -0.832. The van der Waals surface area contributed by atoms with Gasteiger partial charge in [0.2, 0.25) is 0 Å². The number of thioether (sulfide) groups is 1. The fourth-order valence-electron chi connectivity index (χ4n) is 2.53. The average Bonchev–Trinajstić information content (AvgIpc) is 2.83. The van der Waals surface area contributed by atoms with Crippen molar-refractivity contribution in [3.63, 3.8) is 0 Å². The highest BCUT2D eigenvalue weighted by molar-refractivity contribution is 7.98. The van der Waals surface area contributed by atoms with Crippen LogP contribution in [0.1, 0.15) is 6.42 Å². The number of hydrazine groups is 1. The second kappa shape index (κ2) is 13.6. The van der Waals surface area contributed by atoms with E-state index in [1.165, 1.54) is 36.0 Å². The minimum atomic E-state index is -0.902. The standard InChI is InChI=1S/C21H24N4O7S/c1-33-12-11-16(22-19(26)13-31-15-7-3-2-4-8-15)21(28)24-23-20(27)14-32-18-10-6-5-9-17(18)25(29)30/h2-10,16H,11-14H2,1H3,(H,22,26)(H,23,27)(H,24,28). The van der Waals surface area contributed by atoms with Gasteiger partial charge in [-0.25, -0.2) is 0 Å². The molecule has 0 radical (unpaired) electrons. The third-order valence-electron chi connectivity index (χ3n) is 4.12. The summed E-state index contributed by atoms with van der Waals surface area (Å²) in [4.78, 5) is 47.0. The number of nitrogens with one attached hydrogen (secondary N) is 3. The van der Waals surface area contributed by atoms with E-state index < -0.39 is 35.3 Å². The number of carbonyl (C=O) groups is 3. The van der Waals surface area contributed by atoms with Crippen molar-refractivity contribution < 1.29 is 28.8 Å². The summed E-state index contributed by atoms with van der Waals surface area (Å²) < 4.78 is 10.5. The van der Waals surface area contributed by atoms with Crippen molar-refractivity contribution in [1.82, 2.24) is 16.2 Å². The molecule has 0 fully saturated rings. The Labute approximate surface area is 194 Å². The highest BCUT2D eigenvalue weighted by atomic mass is 32.2. The molecule has 2 aromatic rings. The number of benzene rings is 2. The molecule has 0 spiro atoms. The molecule has 1 atom stereocenters. The number of carbonyl (C=O) groups excluding carboxylic acids is 3. The molecule has 1 unspecified atom stereocenters. The molecule has 12 heteroatoms. The Bertz CT molecular complexity index is 959. The number of ether oxygens (including phenoxy) is 2. The Morgan fingerprint density at radius 2 is 1.64 bits per heavy atom. The van der Waals surface area contributed by atoms with Crippen LogP contribution in [0.5, 0.6) is 11.5 Å². The maximum Gasteiger partial charge on any atom is 0.310 e. The lowest BCUT2D eigenvalue weighted by molar-refractivity contribution is -0.385. The third-order valence-corrected chi connectivity index (χ3v) is 4.77. The average molecular weight is 477 g/mol. The van der Waals surface area contributed by atoms with Crippen LogP contribution in [0.2, 0.25) is 0 Å². The van der Waals surface area contributed by atoms with Crippen LogP contribution in [0, 0.1) is 10.1 Å². The molecular weight excluding hydrogens is 452 g/mol. The number of hydrogen-bond donors (Lipinski definition) is 3. The van der Waals surface area contributed by atoms with Gasteiger partial charge >= 0.3 is 5.69 Å². The molecule has 0 saturated heterocycles. The number of amides is 3. The second-order valence-electron chi connectivity index (χ2n) is 6.55. The first-order valence-electron chi connectivity index (χ1n) is 9.81. The third kappa shape index (κ3) is 9.07. The van der Waals surface area contributed by atoms with E-state index in [9.17, 15) is 24.5 Å². The lowest BCUT2D eigenvalue weighted by Gasteiger charge is -2.18. The van der Waals surface area contributed by atoms with E-state index in [1.807, 2.05) is 12.3 Å². The van der Waals surface area contributed by atoms with Crippen LogP contribution in [0.4, 0.5) is 5.69 Å². The van der Waals surface area contributed by atoms with Crippen molar-refractivity contribution in [2.45, 2.75) is 12.5 Å². The summed E-state index contributed by atoms with van der Waals surface area (Å²) in [5.41, 5.74) is 4.11. The molecule has 0 bridgehead atoms. The normalized spacial score (nSPS) is 11.1. The summed E-state index contributed by atoms with van der Waals surface area (Å²) in [7, 11) is 0. The van der Waals surface area contributed by atoms with E-state index in [0.29, 0.717) is 17.9 Å². The van der Waals surface area contributed by atoms with Crippen LogP contribution in [-0.4, -0.2) is 53.9 Å². The van der Waals surface area contributed by atoms with Gasteiger partial charge in [0.1, 0.15) is 11.8 Å². The lowest BCUT2D eigenvalue weighted by atomic mass is 10.2. The minimum Gasteiger partial charge on any atom is -0.484 e. The molecule has 0 aliphatic carbocycles. The molecule has 0 aliphatic heterocycles. The first-order chi connectivity index (χ1) is 15.9. The van der Waals surface area contributed by atoms with E-state index in [4.69, 9.17) is 9.47 Å². The van der Waals surface area contributed by atoms with E-state index in [1.54, 1.807) is 24.3 Å². The number of nitro benzene ring substituents is 1. The highest BCUT2D eigenvalue weighted by Gasteiger charge is 2.21. The molecule has 0 heterocycles. The van der Waals surface area contributed by atoms with Crippen LogP contribution in [0.3, 0.4) is 0 Å². The molecule has 33 heavy (non-hydrogen) atoms. The van der Waals surface area contributed by atoms with E-state index in [0.717, 1.165) is 0 Å². The highest BCUT2D eigenvalue weighted by Crippen LogP contribution is 2.25. The fraction of sp³-hybridized carbons (Fsp3) is 0.286. The van der Waals surface area contributed by atoms with Gasteiger partial charge in [0.05, 0.1) is 4.92 Å². The Hall–Kier alpha value is -3.80. The summed E-state index contributed by atoms with van der Waals surface area (Å²) in [5.74, 6) is -0.825. The second-order valence-corrected chi connectivity index (χ2v) is 7.54. The van der Waals surface area contributed by atoms with Crippen molar-refractivity contribution in [2.75, 3.05) is 25.2 Å². The zero-order chi connectivity index (χ0) is 24.1. The summed E-state index contributed by atoms with van der Waals surface area (Å²) >= 11 is 1.49. The van der Waals surface area contributed by atoms with E-state index >= 15 is 0 Å². The van der Waals surface area contributed by atoms with Crippen LogP contribution in [0.15, 0.2) is 54.6 Å². The Morgan fingerprint density at radius 3 is 2.33 bits per heavy atom. The molecule has 3 N–H and O–H groups in total. The zero-order valence-electron chi connectivity index (χ0n) is 17.8. The fourth-order valence-corrected chi connectivity index (χ4v) is 3.01. The van der Waals surface area contributed by atoms with Gasteiger partial charge in [-0.2, -0.15) is 11.8 Å². The quantitative estimate of drug-likeness (QED) is 0.308. The minimum absolute atomic E-state index is 0.0764. The zero-order valence-corrected chi connectivity index (χ0v) is 18.6. The smallest absolute Gasteiger partial charge is 0.310 e. The molecule has 176 valence electrons. The van der Waals surface area contributed by atoms with Crippen LogP contribution in [0.25, 0.3) is 0 Å². The number of nitrogens with zero attached hydrogens (tertiary/aromatic N) is 1. The lowest BCUT2D eigenvalue weighted by Crippen LogP contribution is -2.53. The Balaban J connectivity index is 1.82. The summed E-state index contributed by atoms with van der Waals surface area (Å²) in [6.07, 6.45) is 2.18. The van der Waals surface area contributed by atoms with Crippen molar-refractivity contribution >= 4 is 35.2 Å². The number of para-hydroxylation sites is 3. The van der Waals surface area contributed by atoms with Gasteiger partial charge in [0.15, 0.2) is 19.0 Å². The van der Waals surface area contributed by atoms with Gasteiger partial charge in [-0.3, -0.25) is 35.3 Å². The van der Waals surface area contributed by atoms with Crippen molar-refractivity contribution in [3.8, 4) is 11.5 Å². The van der Waals surface area contributed by atoms with Gasteiger partial charge < -0.3 is 14.8 Å². The summed E-state index contributed by atoms with van der Waals surface area (Å²) in [6, 6.07) is 13.5. The molecule has 0 aromatic heterocycles. The largest absolute Gasteiger partial charge is 0.484 e. The predicted molar refractivity (Wildman–Crippen MR) is 122 cm³/mol. The molecule has 11 nitrogen and oxygen atoms in total. The predicted octanol–water partition coefficient (Wildman–Crippen LogP) is 1.44. The first kappa shape index (κ1) is 25.5. The van der Waals surface area contributed by atoms with Gasteiger partial charge in [0.25, 0.3) is 17.7 Å². The van der Waals surface area contributed by atoms with Gasteiger partial charge in [-0.1, -0.05) is 30.3 Å². The van der Waals surface area contributed by atoms with E-state index in [2.05, 4.69) is 16.2 Å². The first-order valence-corrected chi connectivity index (χ1v) is 11.2. The van der Waals surface area contributed by atoms with Crippen molar-refractivity contribution in [3.05, 3.63) is 64.7 Å². The molecule has 0 saturated carbocycles. The Kier molecular flexibility index (Phi) is 10.5. The topological polar surface area (TPSA) is 149 Å². The molecule has 2 rings (SSSR count). The van der Waals surface area contributed by atoms with Crippen molar-refractivity contribution in [1.29, 1.82) is 0 Å². The number of rotatable bonds is 12. The SMILES string of the molecule is CSCCC(NC(=O)COc1ccccc1)C(=O)NNC(=O)COc1ccccc1[N+](=O)[O-]. The monoisotopic (exact) mass is 476 g/mol. The summed E-state index contributed by atoms with van der Waals surface area (Å²) in [5, 5.41) is 13.6. The Morgan fingerprint density at radius 1 is 0.970 bits per heavy atom. The maximum absolute atomic E-state index is 12.5. The molecular formula is C21H24N4O7S. The van der Waals surface area contributed by atoms with Crippen LogP contribution in [-0.2, 0) is 14.4 Å². The number of nitro groups is 1. The molecule has 2 aromatic carbocycles. The van der Waals surface area contributed by atoms with Crippen LogP contribution < -0.4 is 25.6 Å². The number of hydrogen-bond acceptors (Lipinski definition) is 8. The van der Waals surface area contributed by atoms with Gasteiger partial charge in [0, 0.05) is 6.07 Å². The maximum atomic E-state index is 12.5. The van der Waals surface area contributed by atoms with Gasteiger partial charge in [-0.05, 0) is 36.6 Å².